The molecule has 0 saturated heterocycles. The van der Waals surface area contributed by atoms with Crippen LogP contribution in [0.25, 0.3) is 6.08 Å². The number of hydrogen-bond donors (Lipinski definition) is 2. The van der Waals surface area contributed by atoms with Crippen molar-refractivity contribution in [2.24, 2.45) is 0 Å². The van der Waals surface area contributed by atoms with Crippen molar-refractivity contribution in [3.63, 3.8) is 0 Å². The molecule has 2 N–H and O–H groups in total. The van der Waals surface area contributed by atoms with E-state index in [2.05, 4.69) is 17.6 Å². The van der Waals surface area contributed by atoms with E-state index in [0.29, 0.717) is 11.4 Å². The molecule has 0 radical (unpaired) electrons. The summed E-state index contributed by atoms with van der Waals surface area (Å²) in [6, 6.07) is 1.91. The molecule has 0 aliphatic carbocycles. The second kappa shape index (κ2) is 4.16. The van der Waals surface area contributed by atoms with Gasteiger partial charge < -0.3 is 5.73 Å². The van der Waals surface area contributed by atoms with Crippen LogP contribution in [0.4, 0.5) is 5.69 Å². The SMILES string of the molecule is Cc1cnc(C=CCS)c(N)c1. The van der Waals surface area contributed by atoms with E-state index < -0.39 is 0 Å². The first kappa shape index (κ1) is 9.13. The Hall–Kier alpha value is -0.960. The van der Waals surface area contributed by atoms with Crippen molar-refractivity contribution >= 4 is 24.4 Å². The average Bonchev–Trinajstić information content (AvgIpc) is 2.03. The molecule has 64 valence electrons. The van der Waals surface area contributed by atoms with Crippen LogP contribution in [0.1, 0.15) is 11.3 Å². The van der Waals surface area contributed by atoms with Gasteiger partial charge >= 0.3 is 0 Å². The van der Waals surface area contributed by atoms with E-state index >= 15 is 0 Å². The third kappa shape index (κ3) is 2.27. The highest BCUT2D eigenvalue weighted by atomic mass is 32.1. The first-order chi connectivity index (χ1) is 5.74. The van der Waals surface area contributed by atoms with E-state index in [1.807, 2.05) is 25.1 Å². The summed E-state index contributed by atoms with van der Waals surface area (Å²) in [5.74, 6) is 0.703. The van der Waals surface area contributed by atoms with E-state index in [4.69, 9.17) is 5.73 Å². The second-order valence-electron chi connectivity index (χ2n) is 2.57. The van der Waals surface area contributed by atoms with Crippen molar-refractivity contribution < 1.29 is 0 Å². The van der Waals surface area contributed by atoms with Gasteiger partial charge in [-0.2, -0.15) is 12.6 Å². The summed E-state index contributed by atoms with van der Waals surface area (Å²) < 4.78 is 0. The van der Waals surface area contributed by atoms with Crippen molar-refractivity contribution in [3.05, 3.63) is 29.6 Å². The monoisotopic (exact) mass is 180 g/mol. The van der Waals surface area contributed by atoms with Crippen LogP contribution in [0.2, 0.25) is 0 Å². The molecule has 2 nitrogen and oxygen atoms in total. The van der Waals surface area contributed by atoms with E-state index in [-0.39, 0.29) is 0 Å². The molecule has 1 rings (SSSR count). The number of anilines is 1. The van der Waals surface area contributed by atoms with Crippen LogP contribution < -0.4 is 5.73 Å². The lowest BCUT2D eigenvalue weighted by Gasteiger charge is -1.99. The molecule has 0 fully saturated rings. The first-order valence-corrected chi connectivity index (χ1v) is 4.37. The highest BCUT2D eigenvalue weighted by molar-refractivity contribution is 7.80. The van der Waals surface area contributed by atoms with Crippen molar-refractivity contribution in [1.82, 2.24) is 4.98 Å². The van der Waals surface area contributed by atoms with Gasteiger partial charge in [0.25, 0.3) is 0 Å². The Morgan fingerprint density at radius 2 is 2.42 bits per heavy atom. The van der Waals surface area contributed by atoms with Gasteiger partial charge in [0, 0.05) is 11.9 Å². The summed E-state index contributed by atoms with van der Waals surface area (Å²) in [6.07, 6.45) is 5.59. The van der Waals surface area contributed by atoms with Gasteiger partial charge in [0.1, 0.15) is 0 Å². The van der Waals surface area contributed by atoms with Gasteiger partial charge in [0.05, 0.1) is 11.4 Å². The maximum absolute atomic E-state index is 5.72. The zero-order valence-electron chi connectivity index (χ0n) is 6.99. The predicted molar refractivity (Wildman–Crippen MR) is 56.3 cm³/mol. The van der Waals surface area contributed by atoms with E-state index in [1.54, 1.807) is 6.20 Å². The molecule has 1 heterocycles. The van der Waals surface area contributed by atoms with Gasteiger partial charge in [-0.25, -0.2) is 0 Å². The van der Waals surface area contributed by atoms with Crippen LogP contribution in [0, 0.1) is 6.92 Å². The molecule has 0 atom stereocenters. The van der Waals surface area contributed by atoms with Crippen LogP contribution in [-0.2, 0) is 0 Å². The van der Waals surface area contributed by atoms with Crippen LogP contribution >= 0.6 is 12.6 Å². The molecule has 0 amide bonds. The molecule has 0 aliphatic heterocycles. The van der Waals surface area contributed by atoms with Crippen LogP contribution in [0.3, 0.4) is 0 Å². The maximum atomic E-state index is 5.72. The molecule has 0 bridgehead atoms. The van der Waals surface area contributed by atoms with Crippen LogP contribution in [0.5, 0.6) is 0 Å². The largest absolute Gasteiger partial charge is 0.397 e. The van der Waals surface area contributed by atoms with E-state index in [9.17, 15) is 0 Å². The zero-order valence-corrected chi connectivity index (χ0v) is 7.88. The summed E-state index contributed by atoms with van der Waals surface area (Å²) in [4.78, 5) is 4.17. The second-order valence-corrected chi connectivity index (χ2v) is 2.94. The minimum atomic E-state index is 0.703. The van der Waals surface area contributed by atoms with E-state index in [0.717, 1.165) is 11.3 Å². The van der Waals surface area contributed by atoms with Gasteiger partial charge in [0.15, 0.2) is 0 Å². The molecule has 3 heteroatoms. The Bertz CT molecular complexity index is 295. The lowest BCUT2D eigenvalue weighted by atomic mass is 10.2. The minimum Gasteiger partial charge on any atom is -0.397 e. The van der Waals surface area contributed by atoms with E-state index in [1.165, 1.54) is 0 Å². The predicted octanol–water partition coefficient (Wildman–Crippen LogP) is 1.92. The Balaban J connectivity index is 2.94. The fourth-order valence-electron chi connectivity index (χ4n) is 0.906. The number of pyridine rings is 1. The highest BCUT2D eigenvalue weighted by Gasteiger charge is 1.94. The Morgan fingerprint density at radius 3 is 3.00 bits per heavy atom. The summed E-state index contributed by atoms with van der Waals surface area (Å²) >= 11 is 4.05. The van der Waals surface area contributed by atoms with Crippen LogP contribution in [0.15, 0.2) is 18.3 Å². The number of thiol groups is 1. The number of nitrogens with zero attached hydrogens (tertiary/aromatic N) is 1. The van der Waals surface area contributed by atoms with Gasteiger partial charge in [-0.15, -0.1) is 0 Å². The smallest absolute Gasteiger partial charge is 0.0856 e. The first-order valence-electron chi connectivity index (χ1n) is 3.73. The maximum Gasteiger partial charge on any atom is 0.0856 e. The molecule has 0 saturated carbocycles. The van der Waals surface area contributed by atoms with Crippen LogP contribution in [-0.4, -0.2) is 10.7 Å². The molecular formula is C9H12N2S. The average molecular weight is 180 g/mol. The third-order valence-electron chi connectivity index (χ3n) is 1.47. The Labute approximate surface area is 77.9 Å². The molecule has 12 heavy (non-hydrogen) atoms. The quantitative estimate of drug-likeness (QED) is 0.682. The summed E-state index contributed by atoms with van der Waals surface area (Å²) in [6.45, 7) is 1.97. The fraction of sp³-hybridized carbons (Fsp3) is 0.222. The third-order valence-corrected chi connectivity index (χ3v) is 1.68. The zero-order chi connectivity index (χ0) is 8.97. The summed E-state index contributed by atoms with van der Waals surface area (Å²) in [7, 11) is 0. The topological polar surface area (TPSA) is 38.9 Å². The highest BCUT2D eigenvalue weighted by Crippen LogP contribution is 2.11. The number of nitrogen functional groups attached to an aromatic ring is 1. The Morgan fingerprint density at radius 1 is 1.67 bits per heavy atom. The molecule has 1 aromatic heterocycles. The van der Waals surface area contributed by atoms with Crippen molar-refractivity contribution in [1.29, 1.82) is 0 Å². The molecule has 0 unspecified atom stereocenters. The summed E-state index contributed by atoms with van der Waals surface area (Å²) in [5, 5.41) is 0. The molecule has 0 aliphatic rings. The number of aromatic nitrogens is 1. The normalized spacial score (nSPS) is 10.8. The standard InChI is InChI=1S/C9H12N2S/c1-7-5-8(10)9(11-6-7)3-2-4-12/h2-3,5-6,12H,4,10H2,1H3. The molecule has 1 aromatic rings. The van der Waals surface area contributed by atoms with Crippen molar-refractivity contribution in [2.45, 2.75) is 6.92 Å². The lowest BCUT2D eigenvalue weighted by Crippen LogP contribution is -1.93. The Kier molecular flexibility index (Phi) is 3.17. The lowest BCUT2D eigenvalue weighted by molar-refractivity contribution is 1.25. The van der Waals surface area contributed by atoms with Gasteiger partial charge in [-0.05, 0) is 24.6 Å². The number of aryl methyl sites for hydroxylation is 1. The van der Waals surface area contributed by atoms with Gasteiger partial charge in [-0.1, -0.05) is 6.08 Å². The van der Waals surface area contributed by atoms with Gasteiger partial charge in [0.2, 0.25) is 0 Å². The van der Waals surface area contributed by atoms with Crippen molar-refractivity contribution in [2.75, 3.05) is 11.5 Å². The molecule has 0 aromatic carbocycles. The molecular weight excluding hydrogens is 168 g/mol. The number of hydrogen-bond acceptors (Lipinski definition) is 3. The number of rotatable bonds is 2. The summed E-state index contributed by atoms with van der Waals surface area (Å²) in [5.41, 5.74) is 8.33. The fourth-order valence-corrected chi connectivity index (χ4v) is 1.01. The van der Waals surface area contributed by atoms with Crippen molar-refractivity contribution in [3.8, 4) is 0 Å². The molecule has 0 spiro atoms. The minimum absolute atomic E-state index is 0.703. The number of nitrogens with two attached hydrogens (primary N) is 1. The van der Waals surface area contributed by atoms with Gasteiger partial charge in [-0.3, -0.25) is 4.98 Å².